The molecule has 0 spiro atoms. The molecule has 1 aliphatic rings. The van der Waals surface area contributed by atoms with Gasteiger partial charge in [0.15, 0.2) is 6.61 Å². The summed E-state index contributed by atoms with van der Waals surface area (Å²) in [6.07, 6.45) is 3.92. The SMILES string of the molecule is COC(=O)COc1ccc(NC2C(C)CCCC2C)cc1. The summed E-state index contributed by atoms with van der Waals surface area (Å²) in [6.45, 7) is 4.59. The molecule has 0 aliphatic heterocycles. The van der Waals surface area contributed by atoms with E-state index in [1.807, 2.05) is 24.3 Å². The molecule has 1 aliphatic carbocycles. The number of esters is 1. The number of hydrogen-bond acceptors (Lipinski definition) is 4. The largest absolute Gasteiger partial charge is 0.482 e. The molecule has 0 heterocycles. The number of ether oxygens (including phenoxy) is 2. The van der Waals surface area contributed by atoms with Gasteiger partial charge in [-0.3, -0.25) is 0 Å². The minimum absolute atomic E-state index is 0.0556. The van der Waals surface area contributed by atoms with E-state index < -0.39 is 0 Å². The molecule has 2 unspecified atom stereocenters. The van der Waals surface area contributed by atoms with Gasteiger partial charge in [-0.15, -0.1) is 0 Å². The summed E-state index contributed by atoms with van der Waals surface area (Å²) < 4.78 is 9.89. The Balaban J connectivity index is 1.91. The molecule has 2 atom stereocenters. The van der Waals surface area contributed by atoms with Gasteiger partial charge in [-0.2, -0.15) is 0 Å². The third-order valence-corrected chi connectivity index (χ3v) is 4.32. The van der Waals surface area contributed by atoms with Crippen LogP contribution in [0.3, 0.4) is 0 Å². The molecule has 21 heavy (non-hydrogen) atoms. The summed E-state index contributed by atoms with van der Waals surface area (Å²) in [5.74, 6) is 1.70. The molecule has 1 saturated carbocycles. The average molecular weight is 291 g/mol. The van der Waals surface area contributed by atoms with E-state index in [0.717, 1.165) is 5.69 Å². The fraction of sp³-hybridized carbons (Fsp3) is 0.588. The monoisotopic (exact) mass is 291 g/mol. The van der Waals surface area contributed by atoms with Crippen LogP contribution < -0.4 is 10.1 Å². The van der Waals surface area contributed by atoms with Crippen molar-refractivity contribution in [1.82, 2.24) is 0 Å². The Morgan fingerprint density at radius 3 is 2.38 bits per heavy atom. The molecule has 1 fully saturated rings. The number of hydrogen-bond donors (Lipinski definition) is 1. The predicted octanol–water partition coefficient (Wildman–Crippen LogP) is 3.48. The molecular formula is C17H25NO3. The van der Waals surface area contributed by atoms with Crippen molar-refractivity contribution in [3.8, 4) is 5.75 Å². The number of carbonyl (C=O) groups is 1. The highest BCUT2D eigenvalue weighted by Gasteiger charge is 2.27. The maximum atomic E-state index is 11.0. The van der Waals surface area contributed by atoms with Gasteiger partial charge in [-0.1, -0.05) is 20.3 Å². The molecule has 4 nitrogen and oxygen atoms in total. The highest BCUT2D eigenvalue weighted by Crippen LogP contribution is 2.31. The van der Waals surface area contributed by atoms with Gasteiger partial charge in [0.2, 0.25) is 0 Å². The predicted molar refractivity (Wildman–Crippen MR) is 83.5 cm³/mol. The smallest absolute Gasteiger partial charge is 0.343 e. The van der Waals surface area contributed by atoms with Crippen LogP contribution in [-0.2, 0) is 9.53 Å². The zero-order chi connectivity index (χ0) is 15.2. The van der Waals surface area contributed by atoms with E-state index in [0.29, 0.717) is 23.6 Å². The van der Waals surface area contributed by atoms with E-state index in [-0.39, 0.29) is 12.6 Å². The van der Waals surface area contributed by atoms with Gasteiger partial charge in [-0.25, -0.2) is 4.79 Å². The normalized spacial score (nSPS) is 25.2. The zero-order valence-electron chi connectivity index (χ0n) is 13.1. The van der Waals surface area contributed by atoms with Crippen LogP contribution in [0.25, 0.3) is 0 Å². The fourth-order valence-corrected chi connectivity index (χ4v) is 3.01. The minimum Gasteiger partial charge on any atom is -0.482 e. The first-order valence-electron chi connectivity index (χ1n) is 7.66. The number of nitrogens with one attached hydrogen (secondary N) is 1. The summed E-state index contributed by atoms with van der Waals surface area (Å²) >= 11 is 0. The van der Waals surface area contributed by atoms with E-state index in [1.165, 1.54) is 26.4 Å². The molecule has 116 valence electrons. The molecule has 1 N–H and O–H groups in total. The Morgan fingerprint density at radius 1 is 1.19 bits per heavy atom. The van der Waals surface area contributed by atoms with Crippen LogP contribution in [0.15, 0.2) is 24.3 Å². The second kappa shape index (κ2) is 7.34. The Labute approximate surface area is 126 Å². The first kappa shape index (κ1) is 15.7. The third kappa shape index (κ3) is 4.38. The quantitative estimate of drug-likeness (QED) is 0.844. The lowest BCUT2D eigenvalue weighted by atomic mass is 9.78. The van der Waals surface area contributed by atoms with E-state index in [4.69, 9.17) is 4.74 Å². The molecule has 2 rings (SSSR count). The topological polar surface area (TPSA) is 47.6 Å². The molecule has 0 saturated heterocycles. The fourth-order valence-electron chi connectivity index (χ4n) is 3.01. The summed E-state index contributed by atoms with van der Waals surface area (Å²) in [5.41, 5.74) is 1.10. The summed E-state index contributed by atoms with van der Waals surface area (Å²) in [7, 11) is 1.35. The van der Waals surface area contributed by atoms with Gasteiger partial charge in [0.05, 0.1) is 7.11 Å². The van der Waals surface area contributed by atoms with Gasteiger partial charge >= 0.3 is 5.97 Å². The van der Waals surface area contributed by atoms with Gasteiger partial charge in [0.1, 0.15) is 5.75 Å². The maximum Gasteiger partial charge on any atom is 0.343 e. The lowest BCUT2D eigenvalue weighted by Gasteiger charge is -2.35. The first-order valence-corrected chi connectivity index (χ1v) is 7.66. The number of anilines is 1. The van der Waals surface area contributed by atoms with Crippen LogP contribution in [0.2, 0.25) is 0 Å². The number of rotatable bonds is 5. The van der Waals surface area contributed by atoms with Crippen LogP contribution in [-0.4, -0.2) is 25.7 Å². The number of carbonyl (C=O) groups excluding carboxylic acids is 1. The molecule has 0 amide bonds. The Kier molecular flexibility index (Phi) is 5.48. The van der Waals surface area contributed by atoms with E-state index >= 15 is 0 Å². The second-order valence-electron chi connectivity index (χ2n) is 5.94. The zero-order valence-corrected chi connectivity index (χ0v) is 13.1. The molecular weight excluding hydrogens is 266 g/mol. The Hall–Kier alpha value is -1.71. The van der Waals surface area contributed by atoms with Crippen molar-refractivity contribution in [2.45, 2.75) is 39.2 Å². The van der Waals surface area contributed by atoms with Gasteiger partial charge in [0, 0.05) is 11.7 Å². The van der Waals surface area contributed by atoms with Crippen LogP contribution in [0.5, 0.6) is 5.75 Å². The highest BCUT2D eigenvalue weighted by atomic mass is 16.6. The Bertz CT molecular complexity index is 448. The molecule has 4 heteroatoms. The van der Waals surface area contributed by atoms with Crippen molar-refractivity contribution in [1.29, 1.82) is 0 Å². The summed E-state index contributed by atoms with van der Waals surface area (Å²) in [6, 6.07) is 8.29. The summed E-state index contributed by atoms with van der Waals surface area (Å²) in [5, 5.41) is 3.64. The molecule has 1 aromatic rings. The van der Waals surface area contributed by atoms with Crippen LogP contribution in [0, 0.1) is 11.8 Å². The summed E-state index contributed by atoms with van der Waals surface area (Å²) in [4.78, 5) is 11.0. The number of benzene rings is 1. The maximum absolute atomic E-state index is 11.0. The first-order chi connectivity index (χ1) is 10.1. The highest BCUT2D eigenvalue weighted by molar-refractivity contribution is 5.70. The second-order valence-corrected chi connectivity index (χ2v) is 5.94. The minimum atomic E-state index is -0.373. The van der Waals surface area contributed by atoms with Crippen molar-refractivity contribution in [2.24, 2.45) is 11.8 Å². The van der Waals surface area contributed by atoms with Crippen molar-refractivity contribution in [3.05, 3.63) is 24.3 Å². The van der Waals surface area contributed by atoms with E-state index in [1.54, 1.807) is 0 Å². The van der Waals surface area contributed by atoms with Crippen molar-refractivity contribution < 1.29 is 14.3 Å². The molecule has 1 aromatic carbocycles. The van der Waals surface area contributed by atoms with Crippen molar-refractivity contribution in [3.63, 3.8) is 0 Å². The van der Waals surface area contributed by atoms with Crippen LogP contribution >= 0.6 is 0 Å². The molecule has 0 aromatic heterocycles. The van der Waals surface area contributed by atoms with E-state index in [9.17, 15) is 4.79 Å². The molecule has 0 bridgehead atoms. The van der Waals surface area contributed by atoms with Crippen molar-refractivity contribution >= 4 is 11.7 Å². The van der Waals surface area contributed by atoms with E-state index in [2.05, 4.69) is 23.9 Å². The standard InChI is InChI=1S/C17H25NO3/c1-12-5-4-6-13(2)17(12)18-14-7-9-15(10-8-14)21-11-16(19)20-3/h7-10,12-13,17-18H,4-6,11H2,1-3H3. The van der Waals surface area contributed by atoms with Crippen LogP contribution in [0.4, 0.5) is 5.69 Å². The molecule has 0 radical (unpaired) electrons. The lowest BCUT2D eigenvalue weighted by molar-refractivity contribution is -0.142. The lowest BCUT2D eigenvalue weighted by Crippen LogP contribution is -2.36. The van der Waals surface area contributed by atoms with Crippen LogP contribution in [0.1, 0.15) is 33.1 Å². The van der Waals surface area contributed by atoms with Gasteiger partial charge in [-0.05, 0) is 48.9 Å². The third-order valence-electron chi connectivity index (χ3n) is 4.32. The average Bonchev–Trinajstić information content (AvgIpc) is 2.50. The van der Waals surface area contributed by atoms with Gasteiger partial charge in [0.25, 0.3) is 0 Å². The number of methoxy groups -OCH3 is 1. The van der Waals surface area contributed by atoms with Crippen molar-refractivity contribution in [2.75, 3.05) is 19.0 Å². The van der Waals surface area contributed by atoms with Gasteiger partial charge < -0.3 is 14.8 Å². The Morgan fingerprint density at radius 2 is 1.81 bits per heavy atom.